The van der Waals surface area contributed by atoms with Gasteiger partial charge in [0.05, 0.1) is 17.0 Å². The highest BCUT2D eigenvalue weighted by atomic mass is 32.2. The summed E-state index contributed by atoms with van der Waals surface area (Å²) >= 11 is 1.84. The molecule has 1 heterocycles. The van der Waals surface area contributed by atoms with E-state index in [1.165, 1.54) is 92.2 Å². The minimum Gasteiger partial charge on any atom is -0.192 e. The third-order valence-electron chi connectivity index (χ3n) is 12.6. The molecule has 12 rings (SSSR count). The summed E-state index contributed by atoms with van der Waals surface area (Å²) in [4.78, 5) is 2.51. The number of fused-ring (bicyclic) bond motifs is 12. The summed E-state index contributed by atoms with van der Waals surface area (Å²) in [7, 11) is 0. The molecule has 10 aromatic rings. The quantitative estimate of drug-likeness (QED) is 0.168. The summed E-state index contributed by atoms with van der Waals surface area (Å²) in [6.45, 7) is 0. The molecular weight excluding hydrogens is 719 g/mol. The van der Waals surface area contributed by atoms with E-state index >= 15 is 0 Å². The first-order valence-corrected chi connectivity index (χ1v) is 20.6. The molecule has 2 aliphatic rings. The lowest BCUT2D eigenvalue weighted by molar-refractivity contribution is 0.722. The summed E-state index contributed by atoms with van der Waals surface area (Å²) in [5, 5.41) is 18.0. The molecule has 0 radical (unpaired) electrons. The molecule has 0 saturated heterocycles. The van der Waals surface area contributed by atoms with Gasteiger partial charge in [0.25, 0.3) is 0 Å². The Morgan fingerprint density at radius 1 is 0.362 bits per heavy atom. The van der Waals surface area contributed by atoms with Crippen molar-refractivity contribution >= 4 is 44.1 Å². The molecule has 1 aliphatic carbocycles. The molecule has 0 saturated carbocycles. The zero-order valence-corrected chi connectivity index (χ0v) is 32.2. The third-order valence-corrected chi connectivity index (χ3v) is 13.7. The van der Waals surface area contributed by atoms with Crippen molar-refractivity contribution in [3.05, 3.63) is 228 Å². The maximum absolute atomic E-state index is 10.7. The molecule has 10 aromatic carbocycles. The second kappa shape index (κ2) is 12.7. The van der Waals surface area contributed by atoms with Crippen LogP contribution in [0.1, 0.15) is 27.8 Å². The average molecular weight is 752 g/mol. The van der Waals surface area contributed by atoms with Crippen LogP contribution in [0.5, 0.6) is 0 Å². The smallest absolute Gasteiger partial charge is 0.0998 e. The van der Waals surface area contributed by atoms with Gasteiger partial charge >= 0.3 is 0 Å². The maximum atomic E-state index is 10.7. The van der Waals surface area contributed by atoms with Crippen LogP contribution in [0, 0.1) is 11.3 Å². The first kappa shape index (κ1) is 33.0. The fourth-order valence-corrected chi connectivity index (χ4v) is 11.4. The lowest BCUT2D eigenvalue weighted by atomic mass is 9.67. The van der Waals surface area contributed by atoms with Gasteiger partial charge in [0.1, 0.15) is 0 Å². The van der Waals surface area contributed by atoms with Gasteiger partial charge < -0.3 is 0 Å². The van der Waals surface area contributed by atoms with Crippen molar-refractivity contribution < 1.29 is 0 Å². The van der Waals surface area contributed by atoms with E-state index in [1.807, 2.05) is 17.8 Å². The highest BCUT2D eigenvalue weighted by Crippen LogP contribution is 2.63. The normalized spacial score (nSPS) is 13.2. The lowest BCUT2D eigenvalue weighted by Crippen LogP contribution is -2.31. The predicted molar refractivity (Wildman–Crippen MR) is 241 cm³/mol. The number of nitrogens with zero attached hydrogens (tertiary/aromatic N) is 1. The Morgan fingerprint density at radius 2 is 0.948 bits per heavy atom. The number of hydrogen-bond donors (Lipinski definition) is 0. The van der Waals surface area contributed by atoms with Crippen molar-refractivity contribution in [3.63, 3.8) is 0 Å². The van der Waals surface area contributed by atoms with Gasteiger partial charge in [-0.05, 0) is 124 Å². The first-order valence-electron chi connectivity index (χ1n) is 19.8. The Balaban J connectivity index is 1.13. The van der Waals surface area contributed by atoms with E-state index in [9.17, 15) is 5.26 Å². The SMILES string of the molecule is N#Cc1cccc2c1-c1cc(-c3c4ccccc4c(-c4cccc5cc(-c6ccccc6)ccc45)c4ccccc34)ccc1C21c2ccccc2Sc2ccccc21. The van der Waals surface area contributed by atoms with Crippen LogP contribution in [0.4, 0.5) is 0 Å². The molecule has 268 valence electrons. The highest BCUT2D eigenvalue weighted by molar-refractivity contribution is 7.99. The largest absolute Gasteiger partial charge is 0.192 e. The first-order chi connectivity index (χ1) is 28.7. The van der Waals surface area contributed by atoms with Crippen LogP contribution in [0.25, 0.3) is 76.8 Å². The topological polar surface area (TPSA) is 23.8 Å². The average Bonchev–Trinajstić information content (AvgIpc) is 3.58. The van der Waals surface area contributed by atoms with E-state index in [4.69, 9.17) is 0 Å². The van der Waals surface area contributed by atoms with Gasteiger partial charge in [-0.1, -0.05) is 182 Å². The van der Waals surface area contributed by atoms with Gasteiger partial charge in [0.2, 0.25) is 0 Å². The summed E-state index contributed by atoms with van der Waals surface area (Å²) in [6.07, 6.45) is 0. The van der Waals surface area contributed by atoms with Crippen molar-refractivity contribution in [2.45, 2.75) is 15.2 Å². The molecule has 1 spiro atoms. The molecule has 0 bridgehead atoms. The van der Waals surface area contributed by atoms with Crippen LogP contribution in [0.2, 0.25) is 0 Å². The van der Waals surface area contributed by atoms with Gasteiger partial charge in [0, 0.05) is 15.4 Å². The second-order valence-electron chi connectivity index (χ2n) is 15.4. The molecule has 0 unspecified atom stereocenters. The van der Waals surface area contributed by atoms with Crippen LogP contribution in [0.15, 0.2) is 210 Å². The summed E-state index contributed by atoms with van der Waals surface area (Å²) in [5.74, 6) is 0. The Morgan fingerprint density at radius 3 is 1.64 bits per heavy atom. The molecular formula is C56H33NS. The molecule has 0 N–H and O–H groups in total. The van der Waals surface area contributed by atoms with Crippen molar-refractivity contribution in [3.8, 4) is 50.6 Å². The van der Waals surface area contributed by atoms with Gasteiger partial charge in [-0.15, -0.1) is 0 Å². The zero-order valence-electron chi connectivity index (χ0n) is 31.4. The molecule has 2 heteroatoms. The molecule has 0 fully saturated rings. The van der Waals surface area contributed by atoms with Crippen LogP contribution in [-0.4, -0.2) is 0 Å². The van der Waals surface area contributed by atoms with Crippen LogP contribution >= 0.6 is 11.8 Å². The molecule has 0 amide bonds. The maximum Gasteiger partial charge on any atom is 0.0998 e. The van der Waals surface area contributed by atoms with Crippen molar-refractivity contribution in [2.75, 3.05) is 0 Å². The summed E-state index contributed by atoms with van der Waals surface area (Å²) < 4.78 is 0. The molecule has 58 heavy (non-hydrogen) atoms. The van der Waals surface area contributed by atoms with Crippen LogP contribution in [0.3, 0.4) is 0 Å². The molecule has 1 aliphatic heterocycles. The molecule has 0 aromatic heterocycles. The van der Waals surface area contributed by atoms with Crippen molar-refractivity contribution in [2.24, 2.45) is 0 Å². The van der Waals surface area contributed by atoms with E-state index in [-0.39, 0.29) is 0 Å². The third kappa shape index (κ3) is 4.54. The van der Waals surface area contributed by atoms with Crippen molar-refractivity contribution in [1.82, 2.24) is 0 Å². The number of hydrogen-bond acceptors (Lipinski definition) is 2. The van der Waals surface area contributed by atoms with E-state index in [0.29, 0.717) is 5.56 Å². The molecule has 0 atom stereocenters. The van der Waals surface area contributed by atoms with Crippen LogP contribution in [-0.2, 0) is 5.41 Å². The number of nitriles is 1. The minimum absolute atomic E-state index is 0.544. The van der Waals surface area contributed by atoms with E-state index in [0.717, 1.165) is 16.7 Å². The second-order valence-corrected chi connectivity index (χ2v) is 16.5. The van der Waals surface area contributed by atoms with E-state index in [1.54, 1.807) is 0 Å². The van der Waals surface area contributed by atoms with E-state index in [2.05, 4.69) is 200 Å². The van der Waals surface area contributed by atoms with Gasteiger partial charge in [-0.2, -0.15) is 5.26 Å². The van der Waals surface area contributed by atoms with Crippen LogP contribution < -0.4 is 0 Å². The fourth-order valence-electron chi connectivity index (χ4n) is 10.2. The van der Waals surface area contributed by atoms with Crippen molar-refractivity contribution in [1.29, 1.82) is 5.26 Å². The lowest BCUT2D eigenvalue weighted by Gasteiger charge is -2.39. The van der Waals surface area contributed by atoms with E-state index < -0.39 is 5.41 Å². The Hall–Kier alpha value is -7.18. The minimum atomic E-state index is -0.544. The van der Waals surface area contributed by atoms with Gasteiger partial charge in [-0.3, -0.25) is 0 Å². The fraction of sp³-hybridized carbons (Fsp3) is 0.0179. The Labute approximate surface area is 341 Å². The highest BCUT2D eigenvalue weighted by Gasteiger charge is 2.50. The van der Waals surface area contributed by atoms with Gasteiger partial charge in [0.15, 0.2) is 0 Å². The monoisotopic (exact) mass is 751 g/mol. The summed E-state index contributed by atoms with van der Waals surface area (Å²) in [5.41, 5.74) is 14.5. The predicted octanol–water partition coefficient (Wildman–Crippen LogP) is 14.8. The zero-order chi connectivity index (χ0) is 38.4. The van der Waals surface area contributed by atoms with Gasteiger partial charge in [-0.25, -0.2) is 0 Å². The Kier molecular flexibility index (Phi) is 7.21. The summed E-state index contributed by atoms with van der Waals surface area (Å²) in [6, 6.07) is 75.7. The number of benzene rings is 10. The molecule has 1 nitrogen and oxygen atoms in total. The number of rotatable bonds is 3. The standard InChI is InChI=1S/C56H33NS/c57-34-39-17-13-25-50-54(39)46-33-38(29-31-47(46)56(50)48-23-8-10-26-51(48)58-52-27-11-9-24-49(52)56)53-42-18-4-6-20-44(42)55(45-21-7-5-19-43(45)53)41-22-12-16-37-32-36(28-30-40(37)41)35-14-2-1-3-15-35/h1-33H. The Bertz CT molecular complexity index is 3290.